The highest BCUT2D eigenvalue weighted by Gasteiger charge is 2.17. The van der Waals surface area contributed by atoms with E-state index >= 15 is 0 Å². The quantitative estimate of drug-likeness (QED) is 0.225. The van der Waals surface area contributed by atoms with Gasteiger partial charge in [0.1, 0.15) is 5.00 Å². The van der Waals surface area contributed by atoms with Gasteiger partial charge in [-0.05, 0) is 73.5 Å². The van der Waals surface area contributed by atoms with E-state index in [9.17, 15) is 19.8 Å². The molecule has 2 aromatic carbocycles. The first-order valence-corrected chi connectivity index (χ1v) is 13.0. The summed E-state index contributed by atoms with van der Waals surface area (Å²) in [5.74, 6) is -0.758. The van der Waals surface area contributed by atoms with Crippen molar-refractivity contribution < 1.29 is 19.8 Å². The summed E-state index contributed by atoms with van der Waals surface area (Å²) in [4.78, 5) is 27.6. The summed E-state index contributed by atoms with van der Waals surface area (Å²) in [6, 6.07) is 14.7. The van der Waals surface area contributed by atoms with Crippen LogP contribution in [0.5, 0.6) is 0 Å². The number of benzene rings is 2. The van der Waals surface area contributed by atoms with Gasteiger partial charge < -0.3 is 15.5 Å². The lowest BCUT2D eigenvalue weighted by molar-refractivity contribution is 0.0793. The molecule has 0 bridgehead atoms. The highest BCUT2D eigenvalue weighted by molar-refractivity contribution is 7.14. The van der Waals surface area contributed by atoms with E-state index in [1.165, 1.54) is 16.9 Å². The van der Waals surface area contributed by atoms with Gasteiger partial charge in [0.2, 0.25) is 0 Å². The molecule has 0 radical (unpaired) electrons. The van der Waals surface area contributed by atoms with Crippen LogP contribution in [0.1, 0.15) is 56.8 Å². The molecule has 4 N–H and O–H groups in total. The van der Waals surface area contributed by atoms with E-state index in [2.05, 4.69) is 15.8 Å². The molecular weight excluding hydrogens is 488 g/mol. The van der Waals surface area contributed by atoms with Crippen molar-refractivity contribution in [1.82, 2.24) is 10.3 Å². The number of rotatable bonds is 11. The number of anilines is 1. The van der Waals surface area contributed by atoms with Crippen molar-refractivity contribution in [2.24, 2.45) is 5.10 Å². The second-order valence-corrected chi connectivity index (χ2v) is 10.2. The standard InChI is InChI=1S/C28H34N4O4S/c1-18-8-9-22(12-19(18)2)14-29-31-27(36)25-10-11-37-28(25)30-26(35)24-7-5-6-23(13-24)17-32(15-20(3)33)16-21(4)34/h5-14,20-21,33-34H,15-17H2,1-4H3,(H,30,35)(H,31,36). The van der Waals surface area contributed by atoms with Crippen molar-refractivity contribution in [3.8, 4) is 0 Å². The van der Waals surface area contributed by atoms with Crippen molar-refractivity contribution in [2.75, 3.05) is 18.4 Å². The molecule has 2 atom stereocenters. The number of hydrogen-bond acceptors (Lipinski definition) is 7. The van der Waals surface area contributed by atoms with E-state index in [1.807, 2.05) is 43.0 Å². The maximum Gasteiger partial charge on any atom is 0.274 e. The Morgan fingerprint density at radius 2 is 1.73 bits per heavy atom. The Balaban J connectivity index is 1.65. The van der Waals surface area contributed by atoms with Gasteiger partial charge >= 0.3 is 0 Å². The van der Waals surface area contributed by atoms with Crippen LogP contribution >= 0.6 is 11.3 Å². The van der Waals surface area contributed by atoms with Crippen molar-refractivity contribution in [3.63, 3.8) is 0 Å². The van der Waals surface area contributed by atoms with Crippen LogP contribution in [0.4, 0.5) is 5.00 Å². The minimum atomic E-state index is -0.543. The van der Waals surface area contributed by atoms with E-state index in [0.29, 0.717) is 35.8 Å². The lowest BCUT2D eigenvalue weighted by atomic mass is 10.1. The van der Waals surface area contributed by atoms with E-state index in [-0.39, 0.29) is 5.91 Å². The predicted octanol–water partition coefficient (Wildman–Crippen LogP) is 3.94. The van der Waals surface area contributed by atoms with E-state index in [4.69, 9.17) is 0 Å². The lowest BCUT2D eigenvalue weighted by Crippen LogP contribution is -2.35. The summed E-state index contributed by atoms with van der Waals surface area (Å²) < 4.78 is 0. The number of nitrogens with one attached hydrogen (secondary N) is 2. The van der Waals surface area contributed by atoms with Gasteiger partial charge in [-0.3, -0.25) is 14.5 Å². The van der Waals surface area contributed by atoms with Crippen LogP contribution < -0.4 is 10.7 Å². The van der Waals surface area contributed by atoms with Crippen LogP contribution in [0, 0.1) is 13.8 Å². The summed E-state index contributed by atoms with van der Waals surface area (Å²) in [6.07, 6.45) is 0.497. The van der Waals surface area contributed by atoms with E-state index in [1.54, 1.807) is 49.7 Å². The lowest BCUT2D eigenvalue weighted by Gasteiger charge is -2.25. The maximum atomic E-state index is 13.0. The molecule has 1 aromatic heterocycles. The molecule has 2 amide bonds. The SMILES string of the molecule is Cc1ccc(C=NNC(=O)c2ccsc2NC(=O)c2cccc(CN(CC(C)O)CC(C)O)c2)cc1C. The van der Waals surface area contributed by atoms with Crippen LogP contribution in [-0.4, -0.2) is 58.4 Å². The molecule has 0 spiro atoms. The zero-order chi connectivity index (χ0) is 26.9. The topological polar surface area (TPSA) is 114 Å². The first kappa shape index (κ1) is 28.2. The third-order valence-corrected chi connectivity index (χ3v) is 6.52. The minimum Gasteiger partial charge on any atom is -0.392 e. The molecular formula is C28H34N4O4S. The molecule has 37 heavy (non-hydrogen) atoms. The normalized spacial score (nSPS) is 13.1. The summed E-state index contributed by atoms with van der Waals surface area (Å²) in [6.45, 7) is 8.72. The van der Waals surface area contributed by atoms with Crippen molar-refractivity contribution >= 4 is 34.4 Å². The zero-order valence-electron chi connectivity index (χ0n) is 21.6. The van der Waals surface area contributed by atoms with Crippen LogP contribution in [0.25, 0.3) is 0 Å². The van der Waals surface area contributed by atoms with Gasteiger partial charge in [-0.25, -0.2) is 5.43 Å². The first-order valence-electron chi connectivity index (χ1n) is 12.1. The third kappa shape index (κ3) is 8.61. The molecule has 8 nitrogen and oxygen atoms in total. The number of hydrogen-bond donors (Lipinski definition) is 4. The van der Waals surface area contributed by atoms with Gasteiger partial charge in [0, 0.05) is 25.2 Å². The fourth-order valence-electron chi connectivity index (χ4n) is 3.85. The molecule has 3 aromatic rings. The fraction of sp³-hybridized carbons (Fsp3) is 0.321. The predicted molar refractivity (Wildman–Crippen MR) is 148 cm³/mol. The van der Waals surface area contributed by atoms with Crippen LogP contribution in [0.2, 0.25) is 0 Å². The number of aliphatic hydroxyl groups is 2. The van der Waals surface area contributed by atoms with Crippen molar-refractivity contribution in [3.05, 3.63) is 87.3 Å². The molecule has 2 unspecified atom stereocenters. The third-order valence-electron chi connectivity index (χ3n) is 5.69. The number of carbonyl (C=O) groups is 2. The molecule has 9 heteroatoms. The second kappa shape index (κ2) is 13.3. The summed E-state index contributed by atoms with van der Waals surface area (Å²) in [5.41, 5.74) is 7.37. The van der Waals surface area contributed by atoms with Gasteiger partial charge in [-0.2, -0.15) is 5.10 Å². The summed E-state index contributed by atoms with van der Waals surface area (Å²) in [7, 11) is 0. The van der Waals surface area contributed by atoms with Crippen molar-refractivity contribution in [2.45, 2.75) is 46.4 Å². The molecule has 0 fully saturated rings. The minimum absolute atomic E-state index is 0.326. The average molecular weight is 523 g/mol. The van der Waals surface area contributed by atoms with Gasteiger partial charge in [-0.1, -0.05) is 30.3 Å². The van der Waals surface area contributed by atoms with Crippen LogP contribution in [-0.2, 0) is 6.54 Å². The van der Waals surface area contributed by atoms with Gasteiger partial charge in [0.05, 0.1) is 24.0 Å². The van der Waals surface area contributed by atoms with Gasteiger partial charge in [0.25, 0.3) is 11.8 Å². The van der Waals surface area contributed by atoms with E-state index < -0.39 is 18.1 Å². The maximum absolute atomic E-state index is 13.0. The number of aryl methyl sites for hydroxylation is 2. The molecule has 1 heterocycles. The van der Waals surface area contributed by atoms with Crippen molar-refractivity contribution in [1.29, 1.82) is 0 Å². The molecule has 0 aliphatic rings. The van der Waals surface area contributed by atoms with E-state index in [0.717, 1.165) is 16.7 Å². The Kier molecular flexibility index (Phi) is 10.1. The average Bonchev–Trinajstić information content (AvgIpc) is 3.29. The number of thiophene rings is 1. The second-order valence-electron chi connectivity index (χ2n) is 9.25. The number of hydrazone groups is 1. The highest BCUT2D eigenvalue weighted by atomic mass is 32.1. The highest BCUT2D eigenvalue weighted by Crippen LogP contribution is 2.24. The molecule has 3 rings (SSSR count). The Bertz CT molecular complexity index is 1240. The Morgan fingerprint density at radius 1 is 1.00 bits per heavy atom. The van der Waals surface area contributed by atoms with Gasteiger partial charge in [-0.15, -0.1) is 11.3 Å². The molecule has 196 valence electrons. The number of carbonyl (C=O) groups excluding carboxylic acids is 2. The Labute approximate surface area is 221 Å². The van der Waals surface area contributed by atoms with Crippen LogP contribution in [0.3, 0.4) is 0 Å². The first-order chi connectivity index (χ1) is 17.6. The monoisotopic (exact) mass is 522 g/mol. The number of nitrogens with zero attached hydrogens (tertiary/aromatic N) is 2. The summed E-state index contributed by atoms with van der Waals surface area (Å²) in [5, 5.41) is 28.6. The Hall–Kier alpha value is -3.37. The molecule has 0 aliphatic carbocycles. The molecule has 0 aliphatic heterocycles. The molecule has 0 saturated heterocycles. The largest absolute Gasteiger partial charge is 0.392 e. The van der Waals surface area contributed by atoms with Crippen LogP contribution in [0.15, 0.2) is 59.0 Å². The number of amides is 2. The number of aliphatic hydroxyl groups excluding tert-OH is 2. The van der Waals surface area contributed by atoms with Gasteiger partial charge in [0.15, 0.2) is 0 Å². The summed E-state index contributed by atoms with van der Waals surface area (Å²) >= 11 is 1.25. The molecule has 0 saturated carbocycles. The Morgan fingerprint density at radius 3 is 2.41 bits per heavy atom. The zero-order valence-corrected chi connectivity index (χ0v) is 22.4. The smallest absolute Gasteiger partial charge is 0.274 e. The fourth-order valence-corrected chi connectivity index (χ4v) is 4.63.